The number of hydrogen-bond donors (Lipinski definition) is 0. The van der Waals surface area contributed by atoms with Crippen LogP contribution >= 0.6 is 0 Å². The summed E-state index contributed by atoms with van der Waals surface area (Å²) in [6, 6.07) is 4.00. The van der Waals surface area contributed by atoms with E-state index in [0.717, 1.165) is 48.3 Å². The number of hydrogen-bond acceptors (Lipinski definition) is 2. The number of aryl methyl sites for hydroxylation is 1. The lowest BCUT2D eigenvalue weighted by Crippen LogP contribution is -1.90. The van der Waals surface area contributed by atoms with E-state index in [2.05, 4.69) is 6.58 Å². The van der Waals surface area contributed by atoms with Crippen LogP contribution in [0.15, 0.2) is 34.8 Å². The molecule has 17 heavy (non-hydrogen) atoms. The summed E-state index contributed by atoms with van der Waals surface area (Å²) in [6.07, 6.45) is 6.39. The molecule has 0 atom stereocenters. The zero-order chi connectivity index (χ0) is 12.3. The molecule has 0 spiro atoms. The van der Waals surface area contributed by atoms with Crippen molar-refractivity contribution < 1.29 is 9.21 Å². The lowest BCUT2D eigenvalue weighted by molar-refractivity contribution is -0.114. The van der Waals surface area contributed by atoms with Gasteiger partial charge in [0.15, 0.2) is 5.78 Å². The summed E-state index contributed by atoms with van der Waals surface area (Å²) in [6.45, 7) is 5.60. The zero-order valence-corrected chi connectivity index (χ0v) is 10.3. The van der Waals surface area contributed by atoms with Gasteiger partial charge < -0.3 is 4.42 Å². The van der Waals surface area contributed by atoms with Crippen molar-refractivity contribution in [1.82, 2.24) is 0 Å². The second-order valence-electron chi connectivity index (χ2n) is 4.47. The van der Waals surface area contributed by atoms with Gasteiger partial charge in [0.2, 0.25) is 0 Å². The van der Waals surface area contributed by atoms with E-state index >= 15 is 0 Å². The maximum absolute atomic E-state index is 11.5. The summed E-state index contributed by atoms with van der Waals surface area (Å²) in [4.78, 5) is 11.5. The maximum atomic E-state index is 11.5. The van der Waals surface area contributed by atoms with Gasteiger partial charge >= 0.3 is 0 Å². The Balaban J connectivity index is 2.08. The molecule has 0 aromatic carbocycles. The number of ketones is 1. The number of furan rings is 1. The Bertz CT molecular complexity index is 463. The van der Waals surface area contributed by atoms with E-state index in [1.54, 1.807) is 0 Å². The van der Waals surface area contributed by atoms with Crippen molar-refractivity contribution in [1.29, 1.82) is 0 Å². The van der Waals surface area contributed by atoms with Crippen molar-refractivity contribution in [2.75, 3.05) is 0 Å². The van der Waals surface area contributed by atoms with Gasteiger partial charge in [-0.25, -0.2) is 0 Å². The van der Waals surface area contributed by atoms with Crippen molar-refractivity contribution >= 4 is 11.4 Å². The molecular weight excluding hydrogens is 212 g/mol. The summed E-state index contributed by atoms with van der Waals surface area (Å²) < 4.78 is 5.79. The first-order valence-corrected chi connectivity index (χ1v) is 6.15. The van der Waals surface area contributed by atoms with Crippen molar-refractivity contribution in [3.8, 4) is 0 Å². The molecule has 0 bridgehead atoms. The summed E-state index contributed by atoms with van der Waals surface area (Å²) in [7, 11) is 0. The quantitative estimate of drug-likeness (QED) is 0.566. The van der Waals surface area contributed by atoms with Crippen molar-refractivity contribution in [3.63, 3.8) is 0 Å². The summed E-state index contributed by atoms with van der Waals surface area (Å²) in [5.74, 6) is 2.13. The smallest absolute Gasteiger partial charge is 0.159 e. The fourth-order valence-electron chi connectivity index (χ4n) is 2.18. The lowest BCUT2D eigenvalue weighted by atomic mass is 10.1. The summed E-state index contributed by atoms with van der Waals surface area (Å²) in [5, 5.41) is 0. The number of carbonyl (C=O) groups excluding carboxylic acids is 1. The van der Waals surface area contributed by atoms with Gasteiger partial charge in [0.25, 0.3) is 0 Å². The first kappa shape index (κ1) is 11.9. The van der Waals surface area contributed by atoms with Crippen LogP contribution in [0, 0.1) is 0 Å². The van der Waals surface area contributed by atoms with Crippen molar-refractivity contribution in [3.05, 3.63) is 41.9 Å². The Morgan fingerprint density at radius 3 is 2.88 bits per heavy atom. The second-order valence-corrected chi connectivity index (χ2v) is 4.47. The molecule has 0 fully saturated rings. The van der Waals surface area contributed by atoms with Gasteiger partial charge in [0.1, 0.15) is 11.5 Å². The molecule has 0 aliphatic heterocycles. The second kappa shape index (κ2) is 5.17. The molecule has 2 heteroatoms. The standard InChI is InChI=1S/C15H18O2/c1-3-4-5-6-12-7-10-15(17-12)13-8-9-14(16)11(13)2/h3,7,10H,1,4-6,8-9H2,2H3. The van der Waals surface area contributed by atoms with Gasteiger partial charge in [-0.1, -0.05) is 6.08 Å². The molecular formula is C15H18O2. The third kappa shape index (κ3) is 2.57. The van der Waals surface area contributed by atoms with Gasteiger partial charge in [-0.05, 0) is 43.9 Å². The summed E-state index contributed by atoms with van der Waals surface area (Å²) in [5.41, 5.74) is 1.96. The molecule has 1 aromatic rings. The molecule has 90 valence electrons. The SMILES string of the molecule is C=CCCCc1ccc(C2=C(C)C(=O)CC2)o1. The van der Waals surface area contributed by atoms with Crippen LogP contribution < -0.4 is 0 Å². The first-order chi connectivity index (χ1) is 8.22. The van der Waals surface area contributed by atoms with E-state index in [4.69, 9.17) is 4.42 Å². The van der Waals surface area contributed by atoms with Crippen LogP contribution in [0.4, 0.5) is 0 Å². The Morgan fingerprint density at radius 1 is 1.41 bits per heavy atom. The molecule has 2 rings (SSSR count). The summed E-state index contributed by atoms with van der Waals surface area (Å²) >= 11 is 0. The van der Waals surface area contributed by atoms with Crippen LogP contribution in [0.2, 0.25) is 0 Å². The number of rotatable bonds is 5. The van der Waals surface area contributed by atoms with E-state index in [1.807, 2.05) is 25.1 Å². The van der Waals surface area contributed by atoms with E-state index in [-0.39, 0.29) is 5.78 Å². The van der Waals surface area contributed by atoms with Crippen LogP contribution in [-0.4, -0.2) is 5.78 Å². The van der Waals surface area contributed by atoms with Crippen LogP contribution in [0.3, 0.4) is 0 Å². The molecule has 1 aliphatic carbocycles. The Morgan fingerprint density at radius 2 is 2.24 bits per heavy atom. The minimum absolute atomic E-state index is 0.254. The monoisotopic (exact) mass is 230 g/mol. The van der Waals surface area contributed by atoms with Gasteiger partial charge in [0, 0.05) is 18.4 Å². The van der Waals surface area contributed by atoms with Gasteiger partial charge in [0.05, 0.1) is 0 Å². The molecule has 0 amide bonds. The largest absolute Gasteiger partial charge is 0.461 e. The molecule has 0 N–H and O–H groups in total. The van der Waals surface area contributed by atoms with E-state index in [9.17, 15) is 4.79 Å². The lowest BCUT2D eigenvalue weighted by Gasteiger charge is -1.98. The molecule has 0 unspecified atom stereocenters. The average Bonchev–Trinajstić information content (AvgIpc) is 2.89. The minimum atomic E-state index is 0.254. The van der Waals surface area contributed by atoms with Gasteiger partial charge in [-0.15, -0.1) is 6.58 Å². The number of allylic oxidation sites excluding steroid dienone is 3. The van der Waals surface area contributed by atoms with Gasteiger partial charge in [-0.2, -0.15) is 0 Å². The highest BCUT2D eigenvalue weighted by molar-refractivity contribution is 6.06. The molecule has 0 radical (unpaired) electrons. The average molecular weight is 230 g/mol. The third-order valence-corrected chi connectivity index (χ3v) is 3.26. The highest BCUT2D eigenvalue weighted by Crippen LogP contribution is 2.32. The number of carbonyl (C=O) groups is 1. The highest BCUT2D eigenvalue weighted by Gasteiger charge is 2.22. The molecule has 1 aromatic heterocycles. The Labute approximate surface area is 102 Å². The molecule has 1 aliphatic rings. The molecule has 0 saturated carbocycles. The topological polar surface area (TPSA) is 30.2 Å². The maximum Gasteiger partial charge on any atom is 0.159 e. The number of unbranched alkanes of at least 4 members (excludes halogenated alkanes) is 1. The normalized spacial score (nSPS) is 15.7. The van der Waals surface area contributed by atoms with Crippen LogP contribution in [0.1, 0.15) is 44.1 Å². The highest BCUT2D eigenvalue weighted by atomic mass is 16.3. The Kier molecular flexibility index (Phi) is 3.62. The molecule has 2 nitrogen and oxygen atoms in total. The predicted octanol–water partition coefficient (Wildman–Crippen LogP) is 3.92. The van der Waals surface area contributed by atoms with E-state index in [0.29, 0.717) is 6.42 Å². The van der Waals surface area contributed by atoms with Crippen molar-refractivity contribution in [2.45, 2.75) is 39.0 Å². The predicted molar refractivity (Wildman–Crippen MR) is 68.7 cm³/mol. The number of Topliss-reactive ketones (excluding diaryl/α,β-unsaturated/α-hetero) is 1. The van der Waals surface area contributed by atoms with Crippen LogP contribution in [-0.2, 0) is 11.2 Å². The zero-order valence-electron chi connectivity index (χ0n) is 10.3. The van der Waals surface area contributed by atoms with E-state index in [1.165, 1.54) is 0 Å². The molecule has 1 heterocycles. The fourth-order valence-corrected chi connectivity index (χ4v) is 2.18. The minimum Gasteiger partial charge on any atom is -0.461 e. The molecule has 0 saturated heterocycles. The van der Waals surface area contributed by atoms with Gasteiger partial charge in [-0.3, -0.25) is 4.79 Å². The Hall–Kier alpha value is -1.57. The van der Waals surface area contributed by atoms with Crippen molar-refractivity contribution in [2.24, 2.45) is 0 Å². The third-order valence-electron chi connectivity index (χ3n) is 3.26. The van der Waals surface area contributed by atoms with Crippen LogP contribution in [0.25, 0.3) is 5.57 Å². The van der Waals surface area contributed by atoms with E-state index < -0.39 is 0 Å². The van der Waals surface area contributed by atoms with Crippen LogP contribution in [0.5, 0.6) is 0 Å². The fraction of sp³-hybridized carbons (Fsp3) is 0.400. The first-order valence-electron chi connectivity index (χ1n) is 6.15.